The minimum Gasteiger partial charge on any atom is -0.327 e. The van der Waals surface area contributed by atoms with Crippen LogP contribution in [0.5, 0.6) is 0 Å². The lowest BCUT2D eigenvalue weighted by Gasteiger charge is -2.31. The van der Waals surface area contributed by atoms with Gasteiger partial charge in [-0.1, -0.05) is 26.2 Å². The fraction of sp³-hybridized carbons (Fsp3) is 1.00. The van der Waals surface area contributed by atoms with E-state index in [4.69, 9.17) is 5.73 Å². The van der Waals surface area contributed by atoms with Crippen LogP contribution in [0.25, 0.3) is 0 Å². The molecule has 0 radical (unpaired) electrons. The van der Waals surface area contributed by atoms with Gasteiger partial charge in [0, 0.05) is 18.6 Å². The summed E-state index contributed by atoms with van der Waals surface area (Å²) in [5.74, 6) is 0.997. The second kappa shape index (κ2) is 6.02. The van der Waals surface area contributed by atoms with E-state index in [9.17, 15) is 0 Å². The van der Waals surface area contributed by atoms with Crippen LogP contribution in [-0.2, 0) is 0 Å². The predicted molar refractivity (Wildman–Crippen MR) is 69.4 cm³/mol. The summed E-state index contributed by atoms with van der Waals surface area (Å²) >= 11 is 0. The zero-order chi connectivity index (χ0) is 11.4. The van der Waals surface area contributed by atoms with E-state index >= 15 is 0 Å². The molecule has 2 aliphatic rings. The summed E-state index contributed by atoms with van der Waals surface area (Å²) in [5, 5.41) is 0. The van der Waals surface area contributed by atoms with Crippen LogP contribution in [0, 0.1) is 5.92 Å². The first-order chi connectivity index (χ1) is 7.81. The molecular formula is C14H28N2. The Morgan fingerprint density at radius 3 is 2.62 bits per heavy atom. The molecule has 0 aromatic rings. The maximum atomic E-state index is 6.18. The molecule has 0 aromatic carbocycles. The molecule has 0 bridgehead atoms. The van der Waals surface area contributed by atoms with Gasteiger partial charge in [0.25, 0.3) is 0 Å². The van der Waals surface area contributed by atoms with Gasteiger partial charge in [0.05, 0.1) is 0 Å². The molecule has 1 saturated carbocycles. The van der Waals surface area contributed by atoms with E-state index in [0.717, 1.165) is 18.5 Å². The van der Waals surface area contributed by atoms with Crippen molar-refractivity contribution in [1.29, 1.82) is 0 Å². The lowest BCUT2D eigenvalue weighted by molar-refractivity contribution is 0.178. The Kier molecular flexibility index (Phi) is 4.66. The van der Waals surface area contributed by atoms with Gasteiger partial charge < -0.3 is 5.73 Å². The van der Waals surface area contributed by atoms with Crippen LogP contribution in [-0.4, -0.2) is 30.1 Å². The molecule has 1 heterocycles. The number of nitrogens with zero attached hydrogens (tertiary/aromatic N) is 1. The number of hydrogen-bond donors (Lipinski definition) is 1. The third-order valence-electron chi connectivity index (χ3n) is 4.49. The van der Waals surface area contributed by atoms with Crippen LogP contribution < -0.4 is 5.73 Å². The smallest absolute Gasteiger partial charge is 0.0167 e. The summed E-state index contributed by atoms with van der Waals surface area (Å²) in [5.41, 5.74) is 6.18. The topological polar surface area (TPSA) is 29.3 Å². The monoisotopic (exact) mass is 224 g/mol. The van der Waals surface area contributed by atoms with Crippen molar-refractivity contribution in [3.05, 3.63) is 0 Å². The van der Waals surface area contributed by atoms with Gasteiger partial charge in [-0.15, -0.1) is 0 Å². The first-order valence-corrected chi connectivity index (χ1v) is 7.31. The standard InChI is InChI=1S/C14H28N2/c1-2-6-13(15)11-16-10-5-9-14(16)12-7-3-4-8-12/h12-14H,2-11,15H2,1H3. The highest BCUT2D eigenvalue weighted by Gasteiger charge is 2.33. The lowest BCUT2D eigenvalue weighted by atomic mass is 9.95. The van der Waals surface area contributed by atoms with Gasteiger partial charge in [-0.25, -0.2) is 0 Å². The normalized spacial score (nSPS) is 30.0. The third kappa shape index (κ3) is 2.98. The number of hydrogen-bond acceptors (Lipinski definition) is 2. The Labute approximate surface area is 101 Å². The molecule has 2 rings (SSSR count). The molecule has 2 unspecified atom stereocenters. The van der Waals surface area contributed by atoms with E-state index in [-0.39, 0.29) is 0 Å². The quantitative estimate of drug-likeness (QED) is 0.778. The maximum absolute atomic E-state index is 6.18. The van der Waals surface area contributed by atoms with Crippen LogP contribution in [0.2, 0.25) is 0 Å². The molecule has 0 amide bonds. The van der Waals surface area contributed by atoms with Gasteiger partial charge in [0.2, 0.25) is 0 Å². The van der Waals surface area contributed by atoms with E-state index in [0.29, 0.717) is 6.04 Å². The molecule has 2 nitrogen and oxygen atoms in total. The van der Waals surface area contributed by atoms with Gasteiger partial charge in [-0.2, -0.15) is 0 Å². The fourth-order valence-electron chi connectivity index (χ4n) is 3.72. The number of likely N-dealkylation sites (tertiary alicyclic amines) is 1. The van der Waals surface area contributed by atoms with E-state index in [1.165, 1.54) is 57.9 Å². The van der Waals surface area contributed by atoms with Crippen molar-refractivity contribution < 1.29 is 0 Å². The second-order valence-electron chi connectivity index (χ2n) is 5.80. The predicted octanol–water partition coefficient (Wildman–Crippen LogP) is 2.77. The van der Waals surface area contributed by atoms with Gasteiger partial charge in [-0.3, -0.25) is 4.90 Å². The minimum absolute atomic E-state index is 0.409. The first-order valence-electron chi connectivity index (χ1n) is 7.31. The molecule has 94 valence electrons. The summed E-state index contributed by atoms with van der Waals surface area (Å²) in [6, 6.07) is 1.29. The summed E-state index contributed by atoms with van der Waals surface area (Å²) in [7, 11) is 0. The van der Waals surface area contributed by atoms with Crippen LogP contribution in [0.3, 0.4) is 0 Å². The van der Waals surface area contributed by atoms with Gasteiger partial charge in [-0.05, 0) is 44.6 Å². The molecule has 2 N–H and O–H groups in total. The SMILES string of the molecule is CCCC(N)CN1CCCC1C1CCCC1. The van der Waals surface area contributed by atoms with Crippen molar-refractivity contribution in [2.24, 2.45) is 11.7 Å². The largest absolute Gasteiger partial charge is 0.327 e. The lowest BCUT2D eigenvalue weighted by Crippen LogP contribution is -2.42. The van der Waals surface area contributed by atoms with Crippen LogP contribution in [0.15, 0.2) is 0 Å². The van der Waals surface area contributed by atoms with Crippen molar-refractivity contribution in [2.45, 2.75) is 70.4 Å². The third-order valence-corrected chi connectivity index (χ3v) is 4.49. The molecular weight excluding hydrogens is 196 g/mol. The highest BCUT2D eigenvalue weighted by molar-refractivity contribution is 4.88. The van der Waals surface area contributed by atoms with Crippen molar-refractivity contribution in [3.8, 4) is 0 Å². The van der Waals surface area contributed by atoms with Crippen molar-refractivity contribution >= 4 is 0 Å². The molecule has 1 aliphatic carbocycles. The molecule has 1 aliphatic heterocycles. The van der Waals surface area contributed by atoms with E-state index in [2.05, 4.69) is 11.8 Å². The molecule has 2 atom stereocenters. The Balaban J connectivity index is 1.82. The van der Waals surface area contributed by atoms with Crippen LogP contribution in [0.4, 0.5) is 0 Å². The fourth-order valence-corrected chi connectivity index (χ4v) is 3.72. The van der Waals surface area contributed by atoms with Crippen molar-refractivity contribution in [1.82, 2.24) is 4.90 Å². The van der Waals surface area contributed by atoms with E-state index in [1.807, 2.05) is 0 Å². The maximum Gasteiger partial charge on any atom is 0.0167 e. The van der Waals surface area contributed by atoms with Gasteiger partial charge in [0.15, 0.2) is 0 Å². The Morgan fingerprint density at radius 2 is 1.94 bits per heavy atom. The highest BCUT2D eigenvalue weighted by atomic mass is 15.2. The Bertz CT molecular complexity index is 199. The summed E-state index contributed by atoms with van der Waals surface area (Å²) in [6.45, 7) is 4.69. The molecule has 0 aromatic heterocycles. The molecule has 1 saturated heterocycles. The zero-order valence-corrected chi connectivity index (χ0v) is 10.8. The molecule has 2 fully saturated rings. The summed E-state index contributed by atoms with van der Waals surface area (Å²) in [6.07, 6.45) is 11.1. The van der Waals surface area contributed by atoms with Gasteiger partial charge in [0.1, 0.15) is 0 Å². The number of rotatable bonds is 5. The van der Waals surface area contributed by atoms with Crippen molar-refractivity contribution in [2.75, 3.05) is 13.1 Å². The van der Waals surface area contributed by atoms with E-state index in [1.54, 1.807) is 0 Å². The summed E-state index contributed by atoms with van der Waals surface area (Å²) < 4.78 is 0. The van der Waals surface area contributed by atoms with Crippen LogP contribution >= 0.6 is 0 Å². The highest BCUT2D eigenvalue weighted by Crippen LogP contribution is 2.35. The average Bonchev–Trinajstić information content (AvgIpc) is 2.86. The first kappa shape index (κ1) is 12.4. The second-order valence-corrected chi connectivity index (χ2v) is 5.80. The Hall–Kier alpha value is -0.0800. The minimum atomic E-state index is 0.409. The number of nitrogens with two attached hydrogens (primary N) is 1. The molecule has 16 heavy (non-hydrogen) atoms. The average molecular weight is 224 g/mol. The molecule has 2 heteroatoms. The van der Waals surface area contributed by atoms with Gasteiger partial charge >= 0.3 is 0 Å². The Morgan fingerprint density at radius 1 is 1.19 bits per heavy atom. The van der Waals surface area contributed by atoms with E-state index < -0.39 is 0 Å². The summed E-state index contributed by atoms with van der Waals surface area (Å²) in [4.78, 5) is 2.70. The van der Waals surface area contributed by atoms with Crippen molar-refractivity contribution in [3.63, 3.8) is 0 Å². The molecule has 0 spiro atoms. The van der Waals surface area contributed by atoms with Crippen LogP contribution in [0.1, 0.15) is 58.3 Å². The zero-order valence-electron chi connectivity index (χ0n) is 10.8.